The molecular formula is C22H14N2O2S. The smallest absolute Gasteiger partial charge is 0.278 e. The molecule has 0 aliphatic heterocycles. The number of nitro benzene ring substituents is 1. The summed E-state index contributed by atoms with van der Waals surface area (Å²) in [5.41, 5.74) is 8.12. The number of terminal acetylenes is 1. The zero-order chi connectivity index (χ0) is 19.2. The normalized spacial score (nSPS) is 9.74. The number of nitrogens with zero attached hydrogens (tertiary/aromatic N) is 1. The number of benzene rings is 3. The third kappa shape index (κ3) is 4.30. The third-order valence-electron chi connectivity index (χ3n) is 3.83. The Kier molecular flexibility index (Phi) is 5.47. The van der Waals surface area contributed by atoms with E-state index in [1.54, 1.807) is 36.4 Å². The van der Waals surface area contributed by atoms with Gasteiger partial charge in [-0.3, -0.25) is 10.1 Å². The molecule has 4 nitrogen and oxygen atoms in total. The lowest BCUT2D eigenvalue weighted by atomic mass is 10.0. The Hall–Kier alpha value is -3.67. The Morgan fingerprint density at radius 2 is 1.56 bits per heavy atom. The predicted molar refractivity (Wildman–Crippen MR) is 108 cm³/mol. The van der Waals surface area contributed by atoms with Gasteiger partial charge in [0.25, 0.3) is 5.69 Å². The van der Waals surface area contributed by atoms with Crippen molar-refractivity contribution in [2.24, 2.45) is 5.73 Å². The molecule has 0 spiro atoms. The van der Waals surface area contributed by atoms with E-state index in [9.17, 15) is 10.1 Å². The summed E-state index contributed by atoms with van der Waals surface area (Å²) in [7, 11) is 0. The van der Waals surface area contributed by atoms with Crippen LogP contribution in [0.25, 0.3) is 11.1 Å². The lowest BCUT2D eigenvalue weighted by Crippen LogP contribution is -1.93. The maximum Gasteiger partial charge on any atom is 0.278 e. The van der Waals surface area contributed by atoms with Gasteiger partial charge in [0.1, 0.15) is 0 Å². The molecule has 0 aromatic heterocycles. The first-order valence-corrected chi connectivity index (χ1v) is 8.77. The Morgan fingerprint density at radius 3 is 2.15 bits per heavy atom. The number of rotatable bonds is 4. The molecule has 0 amide bonds. The molecule has 0 heterocycles. The Bertz CT molecular complexity index is 1090. The van der Waals surface area contributed by atoms with Crippen LogP contribution >= 0.6 is 11.8 Å². The van der Waals surface area contributed by atoms with Crippen LogP contribution in [0.1, 0.15) is 11.1 Å². The Morgan fingerprint density at radius 1 is 0.926 bits per heavy atom. The number of nitro groups is 1. The fourth-order valence-corrected chi connectivity index (χ4v) is 3.39. The average molecular weight is 370 g/mol. The van der Waals surface area contributed by atoms with Gasteiger partial charge in [0.15, 0.2) is 0 Å². The summed E-state index contributed by atoms with van der Waals surface area (Å²) in [6, 6.07) is 22.2. The topological polar surface area (TPSA) is 69.2 Å². The number of hydrogen-bond donors (Lipinski definition) is 1. The van der Waals surface area contributed by atoms with E-state index in [1.165, 1.54) is 11.8 Å². The molecule has 3 rings (SSSR count). The molecule has 0 radical (unpaired) electrons. The highest BCUT2D eigenvalue weighted by Crippen LogP contribution is 2.36. The molecule has 0 atom stereocenters. The highest BCUT2D eigenvalue weighted by Gasteiger charge is 2.16. The van der Waals surface area contributed by atoms with Crippen LogP contribution in [0.3, 0.4) is 0 Å². The predicted octanol–water partition coefficient (Wildman–Crippen LogP) is 4.66. The van der Waals surface area contributed by atoms with Crippen LogP contribution in [0.2, 0.25) is 0 Å². The largest absolute Gasteiger partial charge is 0.359 e. The molecule has 130 valence electrons. The van der Waals surface area contributed by atoms with Crippen molar-refractivity contribution < 1.29 is 4.92 Å². The van der Waals surface area contributed by atoms with Crippen LogP contribution in [-0.4, -0.2) is 4.92 Å². The van der Waals surface area contributed by atoms with Crippen LogP contribution in [0.15, 0.2) is 76.5 Å². The van der Waals surface area contributed by atoms with Crippen molar-refractivity contribution in [2.45, 2.75) is 9.79 Å². The van der Waals surface area contributed by atoms with E-state index in [0.29, 0.717) is 5.56 Å². The monoisotopic (exact) mass is 370 g/mol. The number of hydrogen-bond acceptors (Lipinski definition) is 4. The molecule has 0 aliphatic rings. The highest BCUT2D eigenvalue weighted by molar-refractivity contribution is 7.99. The zero-order valence-corrected chi connectivity index (χ0v) is 15.0. The SMILES string of the molecule is C#Cc1ccc(-c2ccc(Sc3ccc(C#CN)cc3)cc2[N+](=O)[O-])cc1. The number of nitrogens with two attached hydrogens (primary N) is 1. The standard InChI is InChI=1S/C22H14N2O2S/c1-2-16-3-7-18(8-4-16)21-12-11-20(15-22(21)24(25)26)27-19-9-5-17(6-10-19)13-14-23/h1,3-12,15H,23H2. The minimum Gasteiger partial charge on any atom is -0.359 e. The van der Waals surface area contributed by atoms with E-state index in [4.69, 9.17) is 12.2 Å². The molecule has 0 saturated heterocycles. The van der Waals surface area contributed by atoms with Crippen molar-refractivity contribution in [3.63, 3.8) is 0 Å². The van der Waals surface area contributed by atoms with Crippen LogP contribution in [-0.2, 0) is 0 Å². The molecule has 5 heteroatoms. The average Bonchev–Trinajstić information content (AvgIpc) is 2.70. The summed E-state index contributed by atoms with van der Waals surface area (Å²) in [5, 5.41) is 11.6. The van der Waals surface area contributed by atoms with Crippen molar-refractivity contribution in [1.29, 1.82) is 0 Å². The second kappa shape index (κ2) is 8.14. The molecule has 0 fully saturated rings. The second-order valence-electron chi connectivity index (χ2n) is 5.55. The molecule has 0 saturated carbocycles. The molecule has 0 unspecified atom stereocenters. The summed E-state index contributed by atoms with van der Waals surface area (Å²) in [5.74, 6) is 5.31. The van der Waals surface area contributed by atoms with Crippen LogP contribution < -0.4 is 5.73 Å². The summed E-state index contributed by atoms with van der Waals surface area (Å²) < 4.78 is 0. The maximum atomic E-state index is 11.6. The summed E-state index contributed by atoms with van der Waals surface area (Å²) in [6.07, 6.45) is 5.36. The fraction of sp³-hybridized carbons (Fsp3) is 0. The van der Waals surface area contributed by atoms with Crippen molar-refractivity contribution >= 4 is 17.4 Å². The van der Waals surface area contributed by atoms with Crippen molar-refractivity contribution in [2.75, 3.05) is 0 Å². The van der Waals surface area contributed by atoms with E-state index < -0.39 is 0 Å². The molecule has 0 bridgehead atoms. The minimum atomic E-state index is -0.367. The molecule has 27 heavy (non-hydrogen) atoms. The zero-order valence-electron chi connectivity index (χ0n) is 14.2. The van der Waals surface area contributed by atoms with Crippen LogP contribution in [0.5, 0.6) is 0 Å². The summed E-state index contributed by atoms with van der Waals surface area (Å²) >= 11 is 1.45. The van der Waals surface area contributed by atoms with Gasteiger partial charge in [-0.1, -0.05) is 29.8 Å². The van der Waals surface area contributed by atoms with Gasteiger partial charge >= 0.3 is 0 Å². The summed E-state index contributed by atoms with van der Waals surface area (Å²) in [4.78, 5) is 12.9. The van der Waals surface area contributed by atoms with E-state index in [-0.39, 0.29) is 10.6 Å². The first kappa shape index (κ1) is 18.1. The molecule has 3 aromatic carbocycles. The highest BCUT2D eigenvalue weighted by atomic mass is 32.2. The van der Waals surface area contributed by atoms with Crippen LogP contribution in [0.4, 0.5) is 5.69 Å². The van der Waals surface area contributed by atoms with Crippen molar-refractivity contribution in [3.05, 3.63) is 88.0 Å². The maximum absolute atomic E-state index is 11.6. The van der Waals surface area contributed by atoms with Gasteiger partial charge in [-0.05, 0) is 60.0 Å². The molecular weight excluding hydrogens is 356 g/mol. The quantitative estimate of drug-likeness (QED) is 0.314. The van der Waals surface area contributed by atoms with Gasteiger partial charge in [0, 0.05) is 33.0 Å². The van der Waals surface area contributed by atoms with E-state index >= 15 is 0 Å². The van der Waals surface area contributed by atoms with Gasteiger partial charge in [-0.25, -0.2) is 0 Å². The molecule has 3 aromatic rings. The van der Waals surface area contributed by atoms with E-state index in [0.717, 1.165) is 26.5 Å². The lowest BCUT2D eigenvalue weighted by molar-refractivity contribution is -0.384. The van der Waals surface area contributed by atoms with Gasteiger partial charge in [0.05, 0.1) is 10.5 Å². The molecule has 0 aliphatic carbocycles. The minimum absolute atomic E-state index is 0.0547. The second-order valence-corrected chi connectivity index (χ2v) is 6.70. The Labute approximate surface area is 161 Å². The van der Waals surface area contributed by atoms with Gasteiger partial charge in [0.2, 0.25) is 0 Å². The van der Waals surface area contributed by atoms with Gasteiger partial charge in [-0.2, -0.15) is 0 Å². The van der Waals surface area contributed by atoms with E-state index in [2.05, 4.69) is 17.9 Å². The Balaban J connectivity index is 1.91. The third-order valence-corrected chi connectivity index (χ3v) is 4.83. The molecule has 2 N–H and O–H groups in total. The fourth-order valence-electron chi connectivity index (χ4n) is 2.54. The van der Waals surface area contributed by atoms with Crippen LogP contribution in [0, 0.1) is 34.4 Å². The first-order chi connectivity index (χ1) is 13.1. The van der Waals surface area contributed by atoms with Gasteiger partial charge < -0.3 is 5.73 Å². The van der Waals surface area contributed by atoms with Crippen molar-refractivity contribution in [3.8, 4) is 35.4 Å². The first-order valence-electron chi connectivity index (χ1n) is 7.96. The summed E-state index contributed by atoms with van der Waals surface area (Å²) in [6.45, 7) is 0. The lowest BCUT2D eigenvalue weighted by Gasteiger charge is -2.07. The van der Waals surface area contributed by atoms with Gasteiger partial charge in [-0.15, -0.1) is 6.42 Å². The van der Waals surface area contributed by atoms with E-state index in [1.807, 2.05) is 30.3 Å². The van der Waals surface area contributed by atoms with Crippen molar-refractivity contribution in [1.82, 2.24) is 0 Å².